The molecule has 1 saturated carbocycles. The lowest BCUT2D eigenvalue weighted by Gasteiger charge is -2.29. The lowest BCUT2D eigenvalue weighted by molar-refractivity contribution is 0.0188. The van der Waals surface area contributed by atoms with Crippen molar-refractivity contribution in [2.45, 2.75) is 70.5 Å². The highest BCUT2D eigenvalue weighted by atomic mass is 19.2. The van der Waals surface area contributed by atoms with Gasteiger partial charge in [-0.05, 0) is 73.8 Å². The van der Waals surface area contributed by atoms with E-state index < -0.39 is 47.0 Å². The third-order valence-electron chi connectivity index (χ3n) is 7.24. The lowest BCUT2D eigenvalue weighted by atomic mass is 9.82. The summed E-state index contributed by atoms with van der Waals surface area (Å²) in [6.45, 7) is 3.86. The van der Waals surface area contributed by atoms with Crippen LogP contribution in [0, 0.1) is 23.3 Å². The molecule has 208 valence electrons. The molecular formula is C31H32F4O4. The van der Waals surface area contributed by atoms with Gasteiger partial charge in [0.15, 0.2) is 23.2 Å². The van der Waals surface area contributed by atoms with E-state index in [0.29, 0.717) is 43.2 Å². The van der Waals surface area contributed by atoms with Crippen LogP contribution in [0.4, 0.5) is 17.6 Å². The molecule has 0 aliphatic heterocycles. The molecule has 0 saturated heterocycles. The minimum Gasteiger partial charge on any atom is -0.491 e. The molecule has 4 nitrogen and oxygen atoms in total. The molecule has 1 aliphatic carbocycles. The Morgan fingerprint density at radius 2 is 1.56 bits per heavy atom. The van der Waals surface area contributed by atoms with E-state index in [1.54, 1.807) is 31.2 Å². The van der Waals surface area contributed by atoms with Crippen molar-refractivity contribution in [3.05, 3.63) is 88.5 Å². The number of aliphatic hydroxyl groups is 1. The molecule has 1 atom stereocenters. The first-order chi connectivity index (χ1) is 18.7. The van der Waals surface area contributed by atoms with Crippen LogP contribution in [0.2, 0.25) is 0 Å². The Balaban J connectivity index is 1.40. The van der Waals surface area contributed by atoms with Gasteiger partial charge in [0.05, 0.1) is 18.3 Å². The molecule has 8 heteroatoms. The van der Waals surface area contributed by atoms with E-state index in [-0.39, 0.29) is 29.4 Å². The quantitative estimate of drug-likeness (QED) is 0.219. The van der Waals surface area contributed by atoms with E-state index in [1.165, 1.54) is 24.3 Å². The van der Waals surface area contributed by atoms with Gasteiger partial charge in [-0.1, -0.05) is 49.7 Å². The van der Waals surface area contributed by atoms with Crippen LogP contribution >= 0.6 is 0 Å². The summed E-state index contributed by atoms with van der Waals surface area (Å²) in [5, 5.41) is 10.1. The molecule has 1 fully saturated rings. The van der Waals surface area contributed by atoms with Crippen LogP contribution in [0.15, 0.2) is 48.5 Å². The highest BCUT2D eigenvalue weighted by molar-refractivity contribution is 5.90. The van der Waals surface area contributed by atoms with Crippen molar-refractivity contribution in [1.82, 2.24) is 0 Å². The Morgan fingerprint density at radius 3 is 2.21 bits per heavy atom. The van der Waals surface area contributed by atoms with Gasteiger partial charge < -0.3 is 14.6 Å². The summed E-state index contributed by atoms with van der Waals surface area (Å²) in [7, 11) is 0. The summed E-state index contributed by atoms with van der Waals surface area (Å²) in [6, 6.07) is 12.0. The standard InChI is InChI=1S/C31H32F4O4/c1-3-5-25(36)20-8-6-18(7-9-20)22-14-15-24(29(34)27(22)32)31(37)39-21-12-10-19(11-13-21)23-16-17-26(38-4-2)30(35)28(23)33/h6-9,14-17,19,21,25,36H,3-5,10-13H2,1-2H3. The van der Waals surface area contributed by atoms with Gasteiger partial charge in [0.1, 0.15) is 6.10 Å². The second-order valence-electron chi connectivity index (χ2n) is 9.81. The summed E-state index contributed by atoms with van der Waals surface area (Å²) in [5.74, 6) is -5.79. The average molecular weight is 545 g/mol. The van der Waals surface area contributed by atoms with Crippen LogP contribution in [0.3, 0.4) is 0 Å². The van der Waals surface area contributed by atoms with E-state index in [1.807, 2.05) is 6.92 Å². The minimum atomic E-state index is -1.30. The van der Waals surface area contributed by atoms with Crippen molar-refractivity contribution < 1.29 is 36.9 Å². The number of esters is 1. The largest absolute Gasteiger partial charge is 0.491 e. The average Bonchev–Trinajstić information content (AvgIpc) is 2.94. The third kappa shape index (κ3) is 6.27. The Bertz CT molecular complexity index is 1300. The number of hydrogen-bond donors (Lipinski definition) is 1. The van der Waals surface area contributed by atoms with Crippen molar-refractivity contribution in [3.8, 4) is 16.9 Å². The van der Waals surface area contributed by atoms with Crippen molar-refractivity contribution in [2.24, 2.45) is 0 Å². The number of aliphatic hydroxyl groups excluding tert-OH is 1. The number of carbonyl (C=O) groups is 1. The SMILES string of the molecule is CCCC(O)c1ccc(-c2ccc(C(=O)OC3CCC(c4ccc(OCC)c(F)c4F)CC3)c(F)c2F)cc1. The van der Waals surface area contributed by atoms with E-state index in [4.69, 9.17) is 9.47 Å². The van der Waals surface area contributed by atoms with Crippen molar-refractivity contribution >= 4 is 5.97 Å². The van der Waals surface area contributed by atoms with Gasteiger partial charge in [-0.3, -0.25) is 0 Å². The number of ether oxygens (including phenoxy) is 2. The van der Waals surface area contributed by atoms with E-state index in [0.717, 1.165) is 6.42 Å². The predicted molar refractivity (Wildman–Crippen MR) is 140 cm³/mol. The maximum absolute atomic E-state index is 14.9. The fourth-order valence-electron chi connectivity index (χ4n) is 5.09. The van der Waals surface area contributed by atoms with Crippen LogP contribution in [0.5, 0.6) is 5.75 Å². The van der Waals surface area contributed by atoms with Crippen LogP contribution in [0.25, 0.3) is 11.1 Å². The van der Waals surface area contributed by atoms with Crippen molar-refractivity contribution in [1.29, 1.82) is 0 Å². The normalized spacial score (nSPS) is 18.0. The van der Waals surface area contributed by atoms with Crippen LogP contribution in [0.1, 0.15) is 85.9 Å². The zero-order valence-corrected chi connectivity index (χ0v) is 22.0. The zero-order chi connectivity index (χ0) is 28.1. The highest BCUT2D eigenvalue weighted by Gasteiger charge is 2.30. The summed E-state index contributed by atoms with van der Waals surface area (Å²) < 4.78 is 69.3. The molecule has 0 heterocycles. The topological polar surface area (TPSA) is 55.8 Å². The van der Waals surface area contributed by atoms with E-state index >= 15 is 0 Å². The first-order valence-electron chi connectivity index (χ1n) is 13.3. The van der Waals surface area contributed by atoms with Crippen molar-refractivity contribution in [3.63, 3.8) is 0 Å². The summed E-state index contributed by atoms with van der Waals surface area (Å²) >= 11 is 0. The smallest absolute Gasteiger partial charge is 0.341 e. The summed E-state index contributed by atoms with van der Waals surface area (Å²) in [5.41, 5.74) is 0.831. The summed E-state index contributed by atoms with van der Waals surface area (Å²) in [4.78, 5) is 12.7. The van der Waals surface area contributed by atoms with Gasteiger partial charge in [0, 0.05) is 5.56 Å². The van der Waals surface area contributed by atoms with Gasteiger partial charge in [-0.15, -0.1) is 0 Å². The lowest BCUT2D eigenvalue weighted by Crippen LogP contribution is -2.25. The second kappa shape index (κ2) is 12.6. The zero-order valence-electron chi connectivity index (χ0n) is 22.0. The predicted octanol–water partition coefficient (Wildman–Crippen LogP) is 8.03. The molecule has 1 aliphatic rings. The maximum atomic E-state index is 14.9. The van der Waals surface area contributed by atoms with Gasteiger partial charge in [0.25, 0.3) is 0 Å². The summed E-state index contributed by atoms with van der Waals surface area (Å²) in [6.07, 6.45) is 1.88. The monoisotopic (exact) mass is 544 g/mol. The van der Waals surface area contributed by atoms with Gasteiger partial charge in [-0.2, -0.15) is 4.39 Å². The Hall–Kier alpha value is -3.39. The van der Waals surface area contributed by atoms with Gasteiger partial charge in [-0.25, -0.2) is 18.0 Å². The fourth-order valence-corrected chi connectivity index (χ4v) is 5.09. The highest BCUT2D eigenvalue weighted by Crippen LogP contribution is 2.38. The molecule has 39 heavy (non-hydrogen) atoms. The minimum absolute atomic E-state index is 0.00861. The number of benzene rings is 3. The molecular weight excluding hydrogens is 512 g/mol. The number of hydrogen-bond acceptors (Lipinski definition) is 4. The molecule has 1 N–H and O–H groups in total. The molecule has 0 aromatic heterocycles. The molecule has 1 unspecified atom stereocenters. The molecule has 3 aromatic carbocycles. The van der Waals surface area contributed by atoms with Gasteiger partial charge in [0.2, 0.25) is 5.82 Å². The molecule has 3 aromatic rings. The van der Waals surface area contributed by atoms with Crippen LogP contribution in [-0.2, 0) is 4.74 Å². The first kappa shape index (κ1) is 28.6. The molecule has 0 spiro atoms. The molecule has 0 radical (unpaired) electrons. The molecule has 0 amide bonds. The van der Waals surface area contributed by atoms with E-state index in [2.05, 4.69) is 0 Å². The first-order valence-corrected chi connectivity index (χ1v) is 13.3. The molecule has 0 bridgehead atoms. The maximum Gasteiger partial charge on any atom is 0.341 e. The van der Waals surface area contributed by atoms with E-state index in [9.17, 15) is 27.5 Å². The van der Waals surface area contributed by atoms with Gasteiger partial charge >= 0.3 is 5.97 Å². The Morgan fingerprint density at radius 1 is 0.872 bits per heavy atom. The fraction of sp³-hybridized carbons (Fsp3) is 0.387. The second-order valence-corrected chi connectivity index (χ2v) is 9.81. The third-order valence-corrected chi connectivity index (χ3v) is 7.24. The number of rotatable bonds is 9. The molecule has 4 rings (SSSR count). The Kier molecular flexibility index (Phi) is 9.28. The van der Waals surface area contributed by atoms with Crippen LogP contribution < -0.4 is 4.74 Å². The number of carbonyl (C=O) groups excluding carboxylic acids is 1. The van der Waals surface area contributed by atoms with Crippen LogP contribution in [-0.4, -0.2) is 23.8 Å². The number of halogens is 4. The Labute approximate surface area is 225 Å². The van der Waals surface area contributed by atoms with Crippen molar-refractivity contribution in [2.75, 3.05) is 6.61 Å².